The summed E-state index contributed by atoms with van der Waals surface area (Å²) >= 11 is 0. The molecule has 1 amide bonds. The number of amides is 1. The van der Waals surface area contributed by atoms with Crippen molar-refractivity contribution < 1.29 is 19.1 Å². The van der Waals surface area contributed by atoms with Crippen molar-refractivity contribution in [2.24, 2.45) is 0 Å². The molecule has 6 nitrogen and oxygen atoms in total. The van der Waals surface area contributed by atoms with E-state index in [4.69, 9.17) is 9.47 Å². The number of methoxy groups -OCH3 is 1. The Morgan fingerprint density at radius 2 is 1.97 bits per heavy atom. The lowest BCUT2D eigenvalue weighted by Crippen LogP contribution is -2.41. The molecule has 30 heavy (non-hydrogen) atoms. The van der Waals surface area contributed by atoms with Crippen molar-refractivity contribution in [1.82, 2.24) is 10.3 Å². The molecule has 1 aromatic heterocycles. The van der Waals surface area contributed by atoms with Gasteiger partial charge in [0.15, 0.2) is 0 Å². The third-order valence-electron chi connectivity index (χ3n) is 5.18. The van der Waals surface area contributed by atoms with Crippen LogP contribution in [0.1, 0.15) is 27.9 Å². The fraction of sp³-hybridized carbons (Fsp3) is 0.208. The highest BCUT2D eigenvalue weighted by Crippen LogP contribution is 2.37. The third-order valence-corrected chi connectivity index (χ3v) is 5.18. The fourth-order valence-corrected chi connectivity index (χ4v) is 3.55. The third kappa shape index (κ3) is 4.17. The molecule has 0 fully saturated rings. The lowest BCUT2D eigenvalue weighted by molar-refractivity contribution is -0.143. The molecule has 0 saturated heterocycles. The Hall–Kier alpha value is -3.67. The number of pyridine rings is 1. The minimum absolute atomic E-state index is 0.342. The van der Waals surface area contributed by atoms with E-state index in [1.54, 1.807) is 24.5 Å². The van der Waals surface area contributed by atoms with Crippen molar-refractivity contribution >= 4 is 11.9 Å². The minimum atomic E-state index is -0.730. The van der Waals surface area contributed by atoms with Gasteiger partial charge < -0.3 is 14.8 Å². The van der Waals surface area contributed by atoms with E-state index in [1.165, 1.54) is 7.11 Å². The Labute approximate surface area is 174 Å². The van der Waals surface area contributed by atoms with Gasteiger partial charge in [-0.25, -0.2) is 4.79 Å². The molecule has 4 rings (SSSR count). The van der Waals surface area contributed by atoms with Crippen LogP contribution in [0.3, 0.4) is 0 Å². The molecule has 1 aliphatic heterocycles. The second-order valence-electron chi connectivity index (χ2n) is 7.11. The van der Waals surface area contributed by atoms with Gasteiger partial charge in [0.2, 0.25) is 0 Å². The summed E-state index contributed by atoms with van der Waals surface area (Å²) in [6.07, 6.45) is 4.62. The Kier molecular flexibility index (Phi) is 5.75. The van der Waals surface area contributed by atoms with E-state index in [0.29, 0.717) is 30.8 Å². The van der Waals surface area contributed by atoms with Gasteiger partial charge in [-0.05, 0) is 48.2 Å². The molecule has 2 aromatic carbocycles. The average Bonchev–Trinajstić information content (AvgIpc) is 2.81. The van der Waals surface area contributed by atoms with Gasteiger partial charge in [-0.3, -0.25) is 9.78 Å². The number of aryl methyl sites for hydroxylation is 1. The number of rotatable bonds is 6. The van der Waals surface area contributed by atoms with Gasteiger partial charge in [-0.2, -0.15) is 0 Å². The number of nitrogens with one attached hydrogen (secondary N) is 1. The Morgan fingerprint density at radius 3 is 2.77 bits per heavy atom. The molecule has 0 bridgehead atoms. The molecule has 0 aliphatic carbocycles. The maximum absolute atomic E-state index is 12.8. The van der Waals surface area contributed by atoms with Gasteiger partial charge >= 0.3 is 5.97 Å². The van der Waals surface area contributed by atoms with E-state index in [0.717, 1.165) is 22.3 Å². The number of carbonyl (C=O) groups is 2. The number of esters is 1. The number of carbonyl (C=O) groups excluding carboxylic acids is 2. The molecule has 2 heterocycles. The first kappa shape index (κ1) is 19.6. The molecule has 1 aliphatic rings. The first-order valence-corrected chi connectivity index (χ1v) is 9.78. The van der Waals surface area contributed by atoms with Crippen LogP contribution in [-0.2, 0) is 22.6 Å². The normalized spacial score (nSPS) is 12.7. The minimum Gasteiger partial charge on any atom is -0.488 e. The lowest BCUT2D eigenvalue weighted by atomic mass is 9.97. The topological polar surface area (TPSA) is 77.5 Å². The first-order valence-electron chi connectivity index (χ1n) is 9.78. The summed E-state index contributed by atoms with van der Waals surface area (Å²) in [5, 5.41) is 2.80. The van der Waals surface area contributed by atoms with Gasteiger partial charge in [0, 0.05) is 29.1 Å². The van der Waals surface area contributed by atoms with Crippen LogP contribution in [-0.4, -0.2) is 30.0 Å². The summed E-state index contributed by atoms with van der Waals surface area (Å²) in [6, 6.07) is 16.3. The molecule has 0 radical (unpaired) electrons. The Bertz CT molecular complexity index is 1070. The predicted molar refractivity (Wildman–Crippen MR) is 112 cm³/mol. The second-order valence-corrected chi connectivity index (χ2v) is 7.11. The van der Waals surface area contributed by atoms with Crippen LogP contribution < -0.4 is 10.1 Å². The van der Waals surface area contributed by atoms with Crippen molar-refractivity contribution in [3.63, 3.8) is 0 Å². The van der Waals surface area contributed by atoms with Gasteiger partial charge in [0.1, 0.15) is 18.4 Å². The predicted octanol–water partition coefficient (Wildman–Crippen LogP) is 3.55. The Balaban J connectivity index is 1.49. The average molecular weight is 402 g/mol. The molecular weight excluding hydrogens is 380 g/mol. The van der Waals surface area contributed by atoms with Crippen molar-refractivity contribution in [1.29, 1.82) is 0 Å². The fourth-order valence-electron chi connectivity index (χ4n) is 3.55. The molecule has 152 valence electrons. The molecule has 1 atom stereocenters. The molecule has 0 saturated carbocycles. The lowest BCUT2D eigenvalue weighted by Gasteiger charge is -2.21. The second kappa shape index (κ2) is 8.78. The monoisotopic (exact) mass is 402 g/mol. The molecular formula is C24H22N2O4. The summed E-state index contributed by atoms with van der Waals surface area (Å²) in [5.74, 6) is -0.166. The molecule has 0 unspecified atom stereocenters. The smallest absolute Gasteiger partial charge is 0.328 e. The van der Waals surface area contributed by atoms with Crippen LogP contribution in [0.4, 0.5) is 0 Å². The number of aromatic nitrogens is 1. The largest absolute Gasteiger partial charge is 0.488 e. The van der Waals surface area contributed by atoms with Crippen molar-refractivity contribution in [3.8, 4) is 16.9 Å². The SMILES string of the molecule is COC(=O)[C@@H](CCc1ccccc1)NC(=O)c1ccc2c(c1)OCc1cnccc1-2. The zero-order chi connectivity index (χ0) is 20.9. The van der Waals surface area contributed by atoms with Gasteiger partial charge in [0.05, 0.1) is 7.11 Å². The van der Waals surface area contributed by atoms with Crippen LogP contribution in [0.5, 0.6) is 5.75 Å². The number of hydrogen-bond acceptors (Lipinski definition) is 5. The molecule has 0 spiro atoms. The molecule has 3 aromatic rings. The quantitative estimate of drug-likeness (QED) is 0.638. The van der Waals surface area contributed by atoms with Gasteiger partial charge in [-0.15, -0.1) is 0 Å². The van der Waals surface area contributed by atoms with Crippen molar-refractivity contribution in [2.75, 3.05) is 7.11 Å². The molecule has 6 heteroatoms. The standard InChI is InChI=1S/C24H22N2O4/c1-29-24(28)21(10-7-16-5-3-2-4-6-16)26-23(27)17-8-9-20-19-11-12-25-14-18(19)15-30-22(20)13-17/h2-6,8-9,11-14,21H,7,10,15H2,1H3,(H,26,27)/t21-/m1/s1. The number of hydrogen-bond donors (Lipinski definition) is 1. The zero-order valence-electron chi connectivity index (χ0n) is 16.6. The Morgan fingerprint density at radius 1 is 1.13 bits per heavy atom. The van der Waals surface area contributed by atoms with Crippen LogP contribution >= 0.6 is 0 Å². The first-order chi connectivity index (χ1) is 14.7. The van der Waals surface area contributed by atoms with Crippen LogP contribution in [0.2, 0.25) is 0 Å². The van der Waals surface area contributed by atoms with Crippen molar-refractivity contribution in [2.45, 2.75) is 25.5 Å². The molecule has 1 N–H and O–H groups in total. The highest BCUT2D eigenvalue weighted by atomic mass is 16.5. The van der Waals surface area contributed by atoms with E-state index in [2.05, 4.69) is 10.3 Å². The van der Waals surface area contributed by atoms with Gasteiger partial charge in [0.25, 0.3) is 5.91 Å². The number of nitrogens with zero attached hydrogens (tertiary/aromatic N) is 1. The zero-order valence-corrected chi connectivity index (χ0v) is 16.6. The van der Waals surface area contributed by atoms with E-state index in [1.807, 2.05) is 42.5 Å². The highest BCUT2D eigenvalue weighted by Gasteiger charge is 2.24. The maximum Gasteiger partial charge on any atom is 0.328 e. The van der Waals surface area contributed by atoms with Crippen LogP contribution in [0.25, 0.3) is 11.1 Å². The van der Waals surface area contributed by atoms with Crippen LogP contribution in [0.15, 0.2) is 67.0 Å². The summed E-state index contributed by atoms with van der Waals surface area (Å²) in [6.45, 7) is 0.406. The number of benzene rings is 2. The van der Waals surface area contributed by atoms with Gasteiger partial charge in [-0.1, -0.05) is 30.3 Å². The van der Waals surface area contributed by atoms with E-state index in [9.17, 15) is 9.59 Å². The number of ether oxygens (including phenoxy) is 2. The summed E-state index contributed by atoms with van der Waals surface area (Å²) in [5.41, 5.74) is 4.50. The van der Waals surface area contributed by atoms with E-state index < -0.39 is 12.0 Å². The summed E-state index contributed by atoms with van der Waals surface area (Å²) in [4.78, 5) is 29.2. The van der Waals surface area contributed by atoms with Crippen LogP contribution in [0, 0.1) is 0 Å². The highest BCUT2D eigenvalue weighted by molar-refractivity contribution is 5.98. The summed E-state index contributed by atoms with van der Waals surface area (Å²) < 4.78 is 10.7. The maximum atomic E-state index is 12.8. The van der Waals surface area contributed by atoms with E-state index in [-0.39, 0.29) is 5.91 Å². The summed E-state index contributed by atoms with van der Waals surface area (Å²) in [7, 11) is 1.32. The van der Waals surface area contributed by atoms with E-state index >= 15 is 0 Å². The number of fused-ring (bicyclic) bond motifs is 3. The van der Waals surface area contributed by atoms with Crippen molar-refractivity contribution in [3.05, 3.63) is 83.7 Å².